The number of aryl methyl sites for hydroxylation is 1. The normalized spacial score (nSPS) is 21.5. The maximum absolute atomic E-state index is 12.6. The maximum Gasteiger partial charge on any atom is 0.324 e. The van der Waals surface area contributed by atoms with Crippen molar-refractivity contribution in [2.75, 3.05) is 25.5 Å². The number of thiazole rings is 1. The third-order valence-corrected chi connectivity index (χ3v) is 6.23. The second-order valence-corrected chi connectivity index (χ2v) is 8.33. The minimum Gasteiger partial charge on any atom is -0.321 e. The van der Waals surface area contributed by atoms with Crippen LogP contribution in [0.5, 0.6) is 0 Å². The third kappa shape index (κ3) is 3.22. The quantitative estimate of drug-likeness (QED) is 0.774. The molecule has 146 valence electrons. The summed E-state index contributed by atoms with van der Waals surface area (Å²) in [6.07, 6.45) is 2.94. The molecule has 0 saturated carbocycles. The topological polar surface area (TPSA) is 94.6 Å². The molecule has 8 nitrogen and oxygen atoms in total. The summed E-state index contributed by atoms with van der Waals surface area (Å²) in [5, 5.41) is 6.04. The summed E-state index contributed by atoms with van der Waals surface area (Å²) in [5.41, 5.74) is 1.45. The molecule has 2 saturated heterocycles. The summed E-state index contributed by atoms with van der Waals surface area (Å²) in [5.74, 6) is -0.289. The van der Waals surface area contributed by atoms with Gasteiger partial charge in [0.25, 0.3) is 5.91 Å². The average molecular weight is 399 g/mol. The number of anilines is 1. The van der Waals surface area contributed by atoms with Crippen molar-refractivity contribution in [3.63, 3.8) is 0 Å². The van der Waals surface area contributed by atoms with Crippen LogP contribution in [-0.2, 0) is 11.2 Å². The largest absolute Gasteiger partial charge is 0.324 e. The second kappa shape index (κ2) is 6.90. The van der Waals surface area contributed by atoms with E-state index < -0.39 is 11.6 Å². The van der Waals surface area contributed by atoms with Crippen molar-refractivity contribution in [2.45, 2.75) is 25.3 Å². The van der Waals surface area contributed by atoms with Gasteiger partial charge in [-0.2, -0.15) is 0 Å². The van der Waals surface area contributed by atoms with E-state index in [-0.39, 0.29) is 18.5 Å². The standard InChI is InChI=1S/C19H21N5O3S/c1-12-5-3-4-6-13(12)9-14-10-20-16(28-14)21-17(26)24-8-7-19(11-24)15(25)23(2)18(27)22-19/h3-6,10H,7-9,11H2,1-2H3,(H,22,27)(H,20,21,26). The van der Waals surface area contributed by atoms with Crippen LogP contribution >= 0.6 is 11.3 Å². The molecule has 2 fully saturated rings. The highest BCUT2D eigenvalue weighted by atomic mass is 32.1. The highest BCUT2D eigenvalue weighted by molar-refractivity contribution is 7.15. The number of nitrogens with zero attached hydrogens (tertiary/aromatic N) is 3. The van der Waals surface area contributed by atoms with Gasteiger partial charge in [-0.05, 0) is 24.5 Å². The molecule has 28 heavy (non-hydrogen) atoms. The molecule has 0 radical (unpaired) electrons. The fourth-order valence-electron chi connectivity index (χ4n) is 3.63. The van der Waals surface area contributed by atoms with E-state index in [2.05, 4.69) is 34.7 Å². The highest BCUT2D eigenvalue weighted by Crippen LogP contribution is 2.29. The Hall–Kier alpha value is -2.94. The number of carbonyl (C=O) groups is 3. The van der Waals surface area contributed by atoms with Crippen LogP contribution in [-0.4, -0.2) is 58.4 Å². The molecule has 5 amide bonds. The number of rotatable bonds is 3. The molecule has 2 aromatic rings. The second-order valence-electron chi connectivity index (χ2n) is 7.21. The van der Waals surface area contributed by atoms with Crippen molar-refractivity contribution in [1.82, 2.24) is 20.1 Å². The first kappa shape index (κ1) is 18.4. The molecule has 4 rings (SSSR count). The zero-order valence-corrected chi connectivity index (χ0v) is 16.5. The SMILES string of the molecule is Cc1ccccc1Cc1cnc(NC(=O)N2CCC3(C2)NC(=O)N(C)C3=O)s1. The van der Waals surface area contributed by atoms with Crippen molar-refractivity contribution in [2.24, 2.45) is 0 Å². The highest BCUT2D eigenvalue weighted by Gasteiger charge is 2.54. The molecule has 1 atom stereocenters. The first-order valence-corrected chi connectivity index (χ1v) is 9.85. The van der Waals surface area contributed by atoms with E-state index in [1.807, 2.05) is 12.1 Å². The maximum atomic E-state index is 12.6. The van der Waals surface area contributed by atoms with E-state index in [1.54, 1.807) is 11.1 Å². The van der Waals surface area contributed by atoms with Crippen LogP contribution in [0.25, 0.3) is 0 Å². The Morgan fingerprint density at radius 1 is 1.36 bits per heavy atom. The van der Waals surface area contributed by atoms with Crippen LogP contribution in [0.15, 0.2) is 30.5 Å². The van der Waals surface area contributed by atoms with Crippen molar-refractivity contribution in [3.05, 3.63) is 46.5 Å². The number of benzene rings is 1. The smallest absolute Gasteiger partial charge is 0.321 e. The van der Waals surface area contributed by atoms with Crippen LogP contribution in [0, 0.1) is 6.92 Å². The lowest BCUT2D eigenvalue weighted by atomic mass is 9.99. The van der Waals surface area contributed by atoms with Crippen LogP contribution < -0.4 is 10.6 Å². The monoisotopic (exact) mass is 399 g/mol. The third-order valence-electron chi connectivity index (χ3n) is 5.31. The molecule has 2 aliphatic rings. The average Bonchev–Trinajstić information content (AvgIpc) is 3.34. The number of likely N-dealkylation sites (N-methyl/N-ethyl adjacent to an activating group) is 1. The van der Waals surface area contributed by atoms with Gasteiger partial charge in [0.1, 0.15) is 5.54 Å². The van der Waals surface area contributed by atoms with Gasteiger partial charge in [0.2, 0.25) is 0 Å². The zero-order chi connectivity index (χ0) is 19.9. The first-order chi connectivity index (χ1) is 13.4. The fourth-order valence-corrected chi connectivity index (χ4v) is 4.45. The van der Waals surface area contributed by atoms with Crippen molar-refractivity contribution in [1.29, 1.82) is 0 Å². The summed E-state index contributed by atoms with van der Waals surface area (Å²) < 4.78 is 0. The molecule has 1 unspecified atom stereocenters. The summed E-state index contributed by atoms with van der Waals surface area (Å²) in [4.78, 5) is 44.7. The van der Waals surface area contributed by atoms with Gasteiger partial charge in [-0.15, -0.1) is 11.3 Å². The minimum absolute atomic E-state index is 0.162. The number of carbonyl (C=O) groups excluding carboxylic acids is 3. The summed E-state index contributed by atoms with van der Waals surface area (Å²) in [6, 6.07) is 7.44. The Bertz CT molecular complexity index is 959. The lowest BCUT2D eigenvalue weighted by Gasteiger charge is -2.21. The van der Waals surface area contributed by atoms with Crippen molar-refractivity contribution < 1.29 is 14.4 Å². The van der Waals surface area contributed by atoms with Crippen LogP contribution in [0.2, 0.25) is 0 Å². The Morgan fingerprint density at radius 3 is 2.86 bits per heavy atom. The molecule has 1 aromatic heterocycles. The lowest BCUT2D eigenvalue weighted by Crippen LogP contribution is -2.50. The van der Waals surface area contributed by atoms with E-state index in [0.717, 1.165) is 16.2 Å². The van der Waals surface area contributed by atoms with Gasteiger partial charge in [0, 0.05) is 31.1 Å². The number of hydrogen-bond donors (Lipinski definition) is 2. The molecular formula is C19H21N5O3S. The van der Waals surface area contributed by atoms with Gasteiger partial charge in [-0.1, -0.05) is 24.3 Å². The van der Waals surface area contributed by atoms with Gasteiger partial charge in [0.15, 0.2) is 5.13 Å². The molecule has 1 spiro atoms. The Balaban J connectivity index is 1.39. The Morgan fingerprint density at radius 2 is 2.14 bits per heavy atom. The van der Waals surface area contributed by atoms with Gasteiger partial charge in [0.05, 0.1) is 6.54 Å². The molecule has 2 N–H and O–H groups in total. The van der Waals surface area contributed by atoms with E-state index in [0.29, 0.717) is 18.1 Å². The molecule has 2 aliphatic heterocycles. The van der Waals surface area contributed by atoms with Crippen LogP contribution in [0.1, 0.15) is 22.4 Å². The Labute approximate surface area is 166 Å². The molecule has 0 bridgehead atoms. The van der Waals surface area contributed by atoms with Gasteiger partial charge >= 0.3 is 12.1 Å². The van der Waals surface area contributed by atoms with Crippen molar-refractivity contribution >= 4 is 34.4 Å². The number of amides is 5. The number of imide groups is 1. The van der Waals surface area contributed by atoms with E-state index in [9.17, 15) is 14.4 Å². The Kier molecular flexibility index (Phi) is 4.54. The summed E-state index contributed by atoms with van der Waals surface area (Å²) in [6.45, 7) is 2.63. The molecule has 0 aliphatic carbocycles. The molecule has 1 aromatic carbocycles. The molecule has 3 heterocycles. The van der Waals surface area contributed by atoms with E-state index >= 15 is 0 Å². The van der Waals surface area contributed by atoms with Gasteiger partial charge in [-0.25, -0.2) is 14.6 Å². The van der Waals surface area contributed by atoms with Crippen molar-refractivity contribution in [3.8, 4) is 0 Å². The lowest BCUT2D eigenvalue weighted by molar-refractivity contribution is -0.129. The van der Waals surface area contributed by atoms with E-state index in [1.165, 1.54) is 29.5 Å². The predicted molar refractivity (Wildman–Crippen MR) is 105 cm³/mol. The molecular weight excluding hydrogens is 378 g/mol. The number of hydrogen-bond acceptors (Lipinski definition) is 5. The first-order valence-electron chi connectivity index (χ1n) is 9.03. The van der Waals surface area contributed by atoms with Crippen LogP contribution in [0.3, 0.4) is 0 Å². The summed E-state index contributed by atoms with van der Waals surface area (Å²) in [7, 11) is 1.45. The number of nitrogens with one attached hydrogen (secondary N) is 2. The number of aromatic nitrogens is 1. The van der Waals surface area contributed by atoms with Gasteiger partial charge < -0.3 is 10.2 Å². The summed E-state index contributed by atoms with van der Waals surface area (Å²) >= 11 is 1.43. The van der Waals surface area contributed by atoms with E-state index in [4.69, 9.17) is 0 Å². The van der Waals surface area contributed by atoms with Gasteiger partial charge in [-0.3, -0.25) is 15.0 Å². The predicted octanol–water partition coefficient (Wildman–Crippen LogP) is 2.20. The number of likely N-dealkylation sites (tertiary alicyclic amines) is 1. The number of urea groups is 2. The molecule has 9 heteroatoms. The zero-order valence-electron chi connectivity index (χ0n) is 15.7. The van der Waals surface area contributed by atoms with Crippen LogP contribution in [0.4, 0.5) is 14.7 Å². The fraction of sp³-hybridized carbons (Fsp3) is 0.368. The minimum atomic E-state index is -0.998.